The summed E-state index contributed by atoms with van der Waals surface area (Å²) in [7, 11) is 0. The summed E-state index contributed by atoms with van der Waals surface area (Å²) in [4.78, 5) is 28.1. The van der Waals surface area contributed by atoms with E-state index in [-0.39, 0.29) is 17.9 Å². The first kappa shape index (κ1) is 19.8. The highest BCUT2D eigenvalue weighted by atomic mass is 32.1. The lowest BCUT2D eigenvalue weighted by atomic mass is 10.1. The maximum atomic E-state index is 12.4. The van der Waals surface area contributed by atoms with Gasteiger partial charge in [-0.15, -0.1) is 11.3 Å². The number of hydrogen-bond acceptors (Lipinski definition) is 4. The van der Waals surface area contributed by atoms with Crippen molar-refractivity contribution in [2.24, 2.45) is 0 Å². The number of nitrogens with one attached hydrogen (secondary N) is 2. The Morgan fingerprint density at radius 3 is 2.54 bits per heavy atom. The molecule has 1 aromatic heterocycles. The monoisotopic (exact) mass is 393 g/mol. The Morgan fingerprint density at radius 1 is 1.14 bits per heavy atom. The molecule has 0 spiro atoms. The van der Waals surface area contributed by atoms with Crippen molar-refractivity contribution in [1.82, 2.24) is 10.3 Å². The Labute approximate surface area is 168 Å². The van der Waals surface area contributed by atoms with Crippen LogP contribution in [0, 0.1) is 6.92 Å². The first-order valence-corrected chi connectivity index (χ1v) is 9.97. The number of carbonyl (C=O) groups is 2. The topological polar surface area (TPSA) is 71.1 Å². The number of nitrogens with zero attached hydrogens (tertiary/aromatic N) is 1. The number of benzene rings is 2. The minimum absolute atomic E-state index is 0.0466. The van der Waals surface area contributed by atoms with Crippen LogP contribution in [0.25, 0.3) is 11.3 Å². The van der Waals surface area contributed by atoms with Gasteiger partial charge in [-0.05, 0) is 37.1 Å². The molecule has 3 aromatic rings. The molecule has 2 N–H and O–H groups in total. The molecule has 1 atom stereocenters. The molecule has 28 heavy (non-hydrogen) atoms. The van der Waals surface area contributed by atoms with Gasteiger partial charge < -0.3 is 10.6 Å². The van der Waals surface area contributed by atoms with Crippen molar-refractivity contribution < 1.29 is 9.59 Å². The third kappa shape index (κ3) is 5.27. The lowest BCUT2D eigenvalue weighted by molar-refractivity contribution is -0.121. The van der Waals surface area contributed by atoms with Gasteiger partial charge in [0.15, 0.2) is 0 Å². The zero-order valence-corrected chi connectivity index (χ0v) is 17.0. The van der Waals surface area contributed by atoms with Crippen molar-refractivity contribution in [2.75, 3.05) is 5.32 Å². The number of aryl methyl sites for hydroxylation is 1. The molecule has 0 radical (unpaired) electrons. The average molecular weight is 394 g/mol. The molecule has 5 nitrogen and oxygen atoms in total. The molecule has 6 heteroatoms. The number of aromatic nitrogens is 1. The van der Waals surface area contributed by atoms with E-state index in [9.17, 15) is 9.59 Å². The Balaban J connectivity index is 1.60. The quantitative estimate of drug-likeness (QED) is 0.648. The number of anilines is 1. The molecule has 1 unspecified atom stereocenters. The van der Waals surface area contributed by atoms with Crippen LogP contribution in [0.1, 0.15) is 36.0 Å². The fourth-order valence-electron chi connectivity index (χ4n) is 2.94. The van der Waals surface area contributed by atoms with Crippen molar-refractivity contribution in [1.29, 1.82) is 0 Å². The Bertz CT molecular complexity index is 979. The highest BCUT2D eigenvalue weighted by Gasteiger charge is 2.11. The second kappa shape index (κ2) is 8.80. The van der Waals surface area contributed by atoms with E-state index >= 15 is 0 Å². The third-order valence-corrected chi connectivity index (χ3v) is 5.09. The van der Waals surface area contributed by atoms with Gasteiger partial charge >= 0.3 is 0 Å². The Hall–Kier alpha value is -2.99. The van der Waals surface area contributed by atoms with E-state index in [0.717, 1.165) is 33.1 Å². The standard InChI is InChI=1S/C22H23N3O2S/c1-14(19-5-4-6-20(12-19)24-15(2)26)23-22(27)11-17-7-9-18(10-8-17)21-13-28-16(3)25-21/h4-10,12-14H,11H2,1-3H3,(H,23,27)(H,24,26). The lowest BCUT2D eigenvalue weighted by Crippen LogP contribution is -2.28. The molecule has 0 fully saturated rings. The van der Waals surface area contributed by atoms with Crippen LogP contribution in [0.2, 0.25) is 0 Å². The summed E-state index contributed by atoms with van der Waals surface area (Å²) in [6.45, 7) is 5.39. The van der Waals surface area contributed by atoms with E-state index < -0.39 is 0 Å². The first-order valence-electron chi connectivity index (χ1n) is 9.09. The van der Waals surface area contributed by atoms with Crippen molar-refractivity contribution in [3.8, 4) is 11.3 Å². The molecular formula is C22H23N3O2S. The van der Waals surface area contributed by atoms with Gasteiger partial charge in [-0.1, -0.05) is 36.4 Å². The minimum Gasteiger partial charge on any atom is -0.349 e. The third-order valence-electron chi connectivity index (χ3n) is 4.32. The second-order valence-electron chi connectivity index (χ2n) is 6.72. The van der Waals surface area contributed by atoms with E-state index in [4.69, 9.17) is 0 Å². The summed E-state index contributed by atoms with van der Waals surface area (Å²) >= 11 is 1.62. The van der Waals surface area contributed by atoms with E-state index in [0.29, 0.717) is 6.42 Å². The zero-order valence-electron chi connectivity index (χ0n) is 16.2. The molecule has 0 bridgehead atoms. The molecule has 0 aliphatic rings. The smallest absolute Gasteiger partial charge is 0.224 e. The molecule has 0 saturated carbocycles. The Morgan fingerprint density at radius 2 is 1.89 bits per heavy atom. The Kier molecular flexibility index (Phi) is 6.21. The predicted octanol–water partition coefficient (Wildman–Crippen LogP) is 4.50. The summed E-state index contributed by atoms with van der Waals surface area (Å²) in [6.07, 6.45) is 0.312. The van der Waals surface area contributed by atoms with Crippen molar-refractivity contribution in [3.05, 3.63) is 70.0 Å². The summed E-state index contributed by atoms with van der Waals surface area (Å²) < 4.78 is 0. The van der Waals surface area contributed by atoms with Gasteiger partial charge in [0.1, 0.15) is 0 Å². The molecule has 144 valence electrons. The number of hydrogen-bond donors (Lipinski definition) is 2. The van der Waals surface area contributed by atoms with E-state index in [1.165, 1.54) is 6.92 Å². The van der Waals surface area contributed by atoms with Gasteiger partial charge in [0.05, 0.1) is 23.2 Å². The molecule has 2 amide bonds. The average Bonchev–Trinajstić information content (AvgIpc) is 3.08. The number of amides is 2. The predicted molar refractivity (Wildman–Crippen MR) is 113 cm³/mol. The maximum Gasteiger partial charge on any atom is 0.224 e. The van der Waals surface area contributed by atoms with Crippen LogP contribution in [0.5, 0.6) is 0 Å². The summed E-state index contributed by atoms with van der Waals surface area (Å²) in [5, 5.41) is 8.84. The molecule has 0 aliphatic carbocycles. The van der Waals surface area contributed by atoms with Crippen LogP contribution in [0.3, 0.4) is 0 Å². The largest absolute Gasteiger partial charge is 0.349 e. The molecular weight excluding hydrogens is 370 g/mol. The van der Waals surface area contributed by atoms with Crippen molar-refractivity contribution >= 4 is 28.8 Å². The van der Waals surface area contributed by atoms with Crippen LogP contribution in [-0.4, -0.2) is 16.8 Å². The van der Waals surface area contributed by atoms with E-state index in [1.807, 2.05) is 67.8 Å². The number of thiazole rings is 1. The minimum atomic E-state index is -0.154. The number of carbonyl (C=O) groups excluding carboxylic acids is 2. The van der Waals surface area contributed by atoms with E-state index in [2.05, 4.69) is 15.6 Å². The van der Waals surface area contributed by atoms with Gasteiger partial charge in [0, 0.05) is 23.6 Å². The molecule has 2 aromatic carbocycles. The highest BCUT2D eigenvalue weighted by Crippen LogP contribution is 2.22. The number of rotatable bonds is 6. The fourth-order valence-corrected chi connectivity index (χ4v) is 3.56. The zero-order chi connectivity index (χ0) is 20.1. The van der Waals surface area contributed by atoms with Gasteiger partial charge in [0.2, 0.25) is 11.8 Å². The summed E-state index contributed by atoms with van der Waals surface area (Å²) in [5.74, 6) is -0.167. The lowest BCUT2D eigenvalue weighted by Gasteiger charge is -2.15. The fraction of sp³-hybridized carbons (Fsp3) is 0.227. The van der Waals surface area contributed by atoms with Crippen LogP contribution in [0.15, 0.2) is 53.9 Å². The highest BCUT2D eigenvalue weighted by molar-refractivity contribution is 7.09. The normalized spacial score (nSPS) is 11.7. The molecule has 0 saturated heterocycles. The van der Waals surface area contributed by atoms with Crippen LogP contribution in [-0.2, 0) is 16.0 Å². The van der Waals surface area contributed by atoms with Crippen LogP contribution < -0.4 is 10.6 Å². The SMILES string of the molecule is CC(=O)Nc1cccc(C(C)NC(=O)Cc2ccc(-c3csc(C)n3)cc2)c1. The maximum absolute atomic E-state index is 12.4. The summed E-state index contributed by atoms with van der Waals surface area (Å²) in [5.41, 5.74) is 4.63. The van der Waals surface area contributed by atoms with Crippen LogP contribution >= 0.6 is 11.3 Å². The van der Waals surface area contributed by atoms with Gasteiger partial charge in [-0.25, -0.2) is 4.98 Å². The van der Waals surface area contributed by atoms with Crippen LogP contribution in [0.4, 0.5) is 5.69 Å². The molecule has 3 rings (SSSR count). The van der Waals surface area contributed by atoms with Gasteiger partial charge in [-0.3, -0.25) is 9.59 Å². The second-order valence-corrected chi connectivity index (χ2v) is 7.78. The van der Waals surface area contributed by atoms with Gasteiger partial charge in [0.25, 0.3) is 0 Å². The van der Waals surface area contributed by atoms with Gasteiger partial charge in [-0.2, -0.15) is 0 Å². The van der Waals surface area contributed by atoms with Crippen molar-refractivity contribution in [3.63, 3.8) is 0 Å². The molecule has 1 heterocycles. The first-order chi connectivity index (χ1) is 13.4. The summed E-state index contributed by atoms with van der Waals surface area (Å²) in [6, 6.07) is 15.3. The van der Waals surface area contributed by atoms with Crippen molar-refractivity contribution in [2.45, 2.75) is 33.2 Å². The van der Waals surface area contributed by atoms with E-state index in [1.54, 1.807) is 11.3 Å². The molecule has 0 aliphatic heterocycles.